The Morgan fingerprint density at radius 2 is 2.15 bits per heavy atom. The molecule has 1 aliphatic rings. The Morgan fingerprint density at radius 3 is 3.00 bits per heavy atom. The maximum Gasteiger partial charge on any atom is 0.239 e. The van der Waals surface area contributed by atoms with Crippen molar-refractivity contribution in [3.63, 3.8) is 0 Å². The number of carbonyl (C=O) groups is 1. The third-order valence-electron chi connectivity index (χ3n) is 5.00. The van der Waals surface area contributed by atoms with Gasteiger partial charge in [0.15, 0.2) is 0 Å². The van der Waals surface area contributed by atoms with E-state index in [9.17, 15) is 4.79 Å². The van der Waals surface area contributed by atoms with E-state index in [1.807, 2.05) is 54.5 Å². The molecule has 2 N–H and O–H groups in total. The highest BCUT2D eigenvalue weighted by Crippen LogP contribution is 2.25. The van der Waals surface area contributed by atoms with E-state index in [0.717, 1.165) is 48.5 Å². The number of anilines is 2. The Labute approximate surface area is 158 Å². The van der Waals surface area contributed by atoms with E-state index in [1.54, 1.807) is 6.33 Å². The molecule has 140 valence electrons. The molecule has 0 saturated carbocycles. The van der Waals surface area contributed by atoms with Gasteiger partial charge in [0, 0.05) is 38.1 Å². The van der Waals surface area contributed by atoms with Gasteiger partial charge in [-0.1, -0.05) is 18.2 Å². The van der Waals surface area contributed by atoms with Crippen LogP contribution in [-0.4, -0.2) is 53.6 Å². The molecule has 4 rings (SSSR count). The molecule has 7 heteroatoms. The Bertz CT molecular complexity index is 909. The molecular formula is C20H24N6O. The molecule has 0 radical (unpaired) electrons. The number of aromatic nitrogens is 3. The number of para-hydroxylation sites is 1. The highest BCUT2D eigenvalue weighted by molar-refractivity contribution is 5.87. The number of fused-ring (bicyclic) bond motifs is 1. The number of likely N-dealkylation sites (N-methyl/N-ethyl adjacent to an activating group) is 1. The van der Waals surface area contributed by atoms with Crippen molar-refractivity contribution in [2.45, 2.75) is 18.9 Å². The van der Waals surface area contributed by atoms with Crippen molar-refractivity contribution in [1.29, 1.82) is 0 Å². The van der Waals surface area contributed by atoms with Crippen LogP contribution in [0, 0.1) is 0 Å². The zero-order valence-electron chi connectivity index (χ0n) is 15.4. The molecule has 0 unspecified atom stereocenters. The molecule has 7 nitrogen and oxygen atoms in total. The quantitative estimate of drug-likeness (QED) is 0.726. The largest absolute Gasteiger partial charge is 0.365 e. The minimum atomic E-state index is 0.0441. The highest BCUT2D eigenvalue weighted by Gasteiger charge is 2.24. The number of amides is 1. The molecule has 2 aromatic heterocycles. The van der Waals surface area contributed by atoms with E-state index >= 15 is 0 Å². The van der Waals surface area contributed by atoms with E-state index in [4.69, 9.17) is 0 Å². The van der Waals surface area contributed by atoms with Gasteiger partial charge in [0.2, 0.25) is 5.91 Å². The summed E-state index contributed by atoms with van der Waals surface area (Å²) in [5.74, 6) is 0.976. The Hall–Kier alpha value is -3.09. The predicted octanol–water partition coefficient (Wildman–Crippen LogP) is 2.18. The van der Waals surface area contributed by atoms with E-state index < -0.39 is 0 Å². The zero-order chi connectivity index (χ0) is 18.6. The zero-order valence-corrected chi connectivity index (χ0v) is 15.4. The lowest BCUT2D eigenvalue weighted by Crippen LogP contribution is -2.50. The number of hydrogen-bond acceptors (Lipinski definition) is 5. The van der Waals surface area contributed by atoms with Gasteiger partial charge in [-0.15, -0.1) is 0 Å². The van der Waals surface area contributed by atoms with Crippen LogP contribution < -0.4 is 15.1 Å². The van der Waals surface area contributed by atoms with Crippen molar-refractivity contribution >= 4 is 28.4 Å². The number of aromatic amines is 1. The van der Waals surface area contributed by atoms with Gasteiger partial charge >= 0.3 is 0 Å². The Kier molecular flexibility index (Phi) is 4.91. The first-order valence-electron chi connectivity index (χ1n) is 9.29. The van der Waals surface area contributed by atoms with E-state index in [2.05, 4.69) is 25.2 Å². The van der Waals surface area contributed by atoms with Crippen LogP contribution in [0.4, 0.5) is 11.5 Å². The minimum absolute atomic E-state index is 0.0441. The average Bonchev–Trinajstić information content (AvgIpc) is 3.17. The number of hydrogen-bond donors (Lipinski definition) is 2. The standard InChI is InChI=1S/C20H24N6O/c1-25(16-7-3-2-4-8-16)13-18(27)24-15-6-5-11-26(12-15)20-17-9-10-21-19(17)22-14-23-20/h2-4,7-10,14-15H,5-6,11-13H2,1H3,(H,24,27)(H,21,22,23)/t15-/m0/s1. The second-order valence-electron chi connectivity index (χ2n) is 6.98. The van der Waals surface area contributed by atoms with Crippen LogP contribution in [0.25, 0.3) is 11.0 Å². The molecule has 3 heterocycles. The van der Waals surface area contributed by atoms with Gasteiger partial charge in [-0.05, 0) is 31.0 Å². The summed E-state index contributed by atoms with van der Waals surface area (Å²) in [6.07, 6.45) is 5.48. The number of nitrogens with zero attached hydrogens (tertiary/aromatic N) is 4. The summed E-state index contributed by atoms with van der Waals surface area (Å²) in [5, 5.41) is 4.21. The van der Waals surface area contributed by atoms with Crippen LogP contribution in [0.2, 0.25) is 0 Å². The van der Waals surface area contributed by atoms with Gasteiger partial charge in [0.05, 0.1) is 11.9 Å². The van der Waals surface area contributed by atoms with Crippen molar-refractivity contribution in [2.75, 3.05) is 36.5 Å². The summed E-state index contributed by atoms with van der Waals surface area (Å²) in [4.78, 5) is 28.6. The van der Waals surface area contributed by atoms with E-state index in [0.29, 0.717) is 6.54 Å². The van der Waals surface area contributed by atoms with Crippen LogP contribution in [0.5, 0.6) is 0 Å². The number of nitrogens with one attached hydrogen (secondary N) is 2. The number of benzene rings is 1. The monoisotopic (exact) mass is 364 g/mol. The van der Waals surface area contributed by atoms with Gasteiger partial charge in [0.1, 0.15) is 17.8 Å². The summed E-state index contributed by atoms with van der Waals surface area (Å²) in [6, 6.07) is 12.1. The summed E-state index contributed by atoms with van der Waals surface area (Å²) in [5.41, 5.74) is 1.88. The van der Waals surface area contributed by atoms with Crippen LogP contribution in [0.15, 0.2) is 48.9 Å². The van der Waals surface area contributed by atoms with Crippen LogP contribution in [0.3, 0.4) is 0 Å². The minimum Gasteiger partial charge on any atom is -0.365 e. The first kappa shape index (κ1) is 17.3. The number of rotatable bonds is 5. The lowest BCUT2D eigenvalue weighted by molar-refractivity contribution is -0.120. The van der Waals surface area contributed by atoms with Gasteiger partial charge < -0.3 is 20.1 Å². The Balaban J connectivity index is 1.38. The highest BCUT2D eigenvalue weighted by atomic mass is 16.2. The topological polar surface area (TPSA) is 77.2 Å². The van der Waals surface area contributed by atoms with Gasteiger partial charge in [-0.25, -0.2) is 9.97 Å². The summed E-state index contributed by atoms with van der Waals surface area (Å²) in [7, 11) is 1.94. The van der Waals surface area contributed by atoms with Crippen molar-refractivity contribution in [2.24, 2.45) is 0 Å². The molecule has 1 amide bonds. The van der Waals surface area contributed by atoms with Gasteiger partial charge in [-0.2, -0.15) is 0 Å². The van der Waals surface area contributed by atoms with Gasteiger partial charge in [-0.3, -0.25) is 4.79 Å². The first-order valence-corrected chi connectivity index (χ1v) is 9.29. The second kappa shape index (κ2) is 7.65. The predicted molar refractivity (Wildman–Crippen MR) is 107 cm³/mol. The maximum atomic E-state index is 12.5. The van der Waals surface area contributed by atoms with Crippen LogP contribution in [0.1, 0.15) is 12.8 Å². The number of carbonyl (C=O) groups excluding carboxylic acids is 1. The molecule has 27 heavy (non-hydrogen) atoms. The van der Waals surface area contributed by atoms with Crippen LogP contribution >= 0.6 is 0 Å². The van der Waals surface area contributed by atoms with Crippen LogP contribution in [-0.2, 0) is 4.79 Å². The van der Waals surface area contributed by atoms with Crippen molar-refractivity contribution < 1.29 is 4.79 Å². The molecule has 1 atom stereocenters. The smallest absolute Gasteiger partial charge is 0.239 e. The second-order valence-corrected chi connectivity index (χ2v) is 6.98. The summed E-state index contributed by atoms with van der Waals surface area (Å²) in [6.45, 7) is 2.04. The lowest BCUT2D eigenvalue weighted by atomic mass is 10.1. The van der Waals surface area contributed by atoms with Gasteiger partial charge in [0.25, 0.3) is 0 Å². The molecular weight excluding hydrogens is 340 g/mol. The molecule has 1 aliphatic heterocycles. The molecule has 3 aromatic rings. The van der Waals surface area contributed by atoms with Crippen molar-refractivity contribution in [1.82, 2.24) is 20.3 Å². The molecule has 1 fully saturated rings. The molecule has 0 bridgehead atoms. The summed E-state index contributed by atoms with van der Waals surface area (Å²) >= 11 is 0. The summed E-state index contributed by atoms with van der Waals surface area (Å²) < 4.78 is 0. The van der Waals surface area contributed by atoms with E-state index in [1.165, 1.54) is 0 Å². The van der Waals surface area contributed by atoms with Crippen molar-refractivity contribution in [3.8, 4) is 0 Å². The number of H-pyrrole nitrogens is 1. The normalized spacial score (nSPS) is 17.1. The molecule has 1 aromatic carbocycles. The number of piperidine rings is 1. The fourth-order valence-electron chi connectivity index (χ4n) is 3.66. The first-order chi connectivity index (χ1) is 13.2. The molecule has 1 saturated heterocycles. The maximum absolute atomic E-state index is 12.5. The van der Waals surface area contributed by atoms with E-state index in [-0.39, 0.29) is 11.9 Å². The fraction of sp³-hybridized carbons (Fsp3) is 0.350. The molecule has 0 spiro atoms. The third-order valence-corrected chi connectivity index (χ3v) is 5.00. The third kappa shape index (κ3) is 3.86. The SMILES string of the molecule is CN(CC(=O)N[C@H]1CCCN(c2ncnc3[nH]ccc23)C1)c1ccccc1. The Morgan fingerprint density at radius 1 is 1.30 bits per heavy atom. The lowest BCUT2D eigenvalue weighted by Gasteiger charge is -2.34. The average molecular weight is 364 g/mol. The molecule has 0 aliphatic carbocycles. The fourth-order valence-corrected chi connectivity index (χ4v) is 3.66. The van der Waals surface area contributed by atoms with Crippen molar-refractivity contribution in [3.05, 3.63) is 48.9 Å².